The second-order valence-electron chi connectivity index (χ2n) is 4.13. The number of nitrogens with one attached hydrogen (secondary N) is 1. The summed E-state index contributed by atoms with van der Waals surface area (Å²) in [6.45, 7) is 0.542. The molecule has 0 saturated carbocycles. The van der Waals surface area contributed by atoms with Gasteiger partial charge in [0.2, 0.25) is 0 Å². The Morgan fingerprint density at radius 1 is 1.18 bits per heavy atom. The van der Waals surface area contributed by atoms with Gasteiger partial charge in [-0.15, -0.1) is 13.2 Å². The summed E-state index contributed by atoms with van der Waals surface area (Å²) in [5.74, 6) is 0. The molecule has 5 heteroatoms. The molecule has 2 nitrogen and oxygen atoms in total. The molecule has 0 unspecified atom stereocenters. The van der Waals surface area contributed by atoms with E-state index < -0.39 is 12.5 Å². The zero-order valence-corrected chi connectivity index (χ0v) is 9.20. The van der Waals surface area contributed by atoms with Gasteiger partial charge in [0.25, 0.3) is 0 Å². The van der Waals surface area contributed by atoms with Gasteiger partial charge in [0.05, 0.1) is 6.10 Å². The highest BCUT2D eigenvalue weighted by atomic mass is 19.4. The van der Waals surface area contributed by atoms with Gasteiger partial charge in [-0.2, -0.15) is 0 Å². The van der Waals surface area contributed by atoms with Gasteiger partial charge in [-0.05, 0) is 24.9 Å². The fraction of sp³-hybridized carbons (Fsp3) is 0.500. The van der Waals surface area contributed by atoms with Crippen LogP contribution in [0, 0.1) is 0 Å². The van der Waals surface area contributed by atoms with Gasteiger partial charge >= 0.3 is 6.36 Å². The Labute approximate surface area is 97.8 Å². The van der Waals surface area contributed by atoms with Crippen LogP contribution in [0.4, 0.5) is 13.2 Å². The van der Waals surface area contributed by atoms with E-state index in [1.807, 2.05) is 30.3 Å². The highest BCUT2D eigenvalue weighted by Gasteiger charge is 2.35. The molecule has 1 aromatic rings. The fourth-order valence-electron chi connectivity index (χ4n) is 2.12. The number of rotatable bonds is 2. The first kappa shape index (κ1) is 12.4. The number of halogens is 3. The van der Waals surface area contributed by atoms with Crippen LogP contribution in [0.25, 0.3) is 0 Å². The summed E-state index contributed by atoms with van der Waals surface area (Å²) in [5.41, 5.74) is 1.00. The topological polar surface area (TPSA) is 21.3 Å². The number of hydrogen-bond acceptors (Lipinski definition) is 2. The van der Waals surface area contributed by atoms with E-state index in [2.05, 4.69) is 10.1 Å². The van der Waals surface area contributed by atoms with Crippen molar-refractivity contribution in [2.75, 3.05) is 6.54 Å². The van der Waals surface area contributed by atoms with E-state index in [0.717, 1.165) is 5.56 Å². The Kier molecular flexibility index (Phi) is 3.69. The summed E-state index contributed by atoms with van der Waals surface area (Å²) in [6.07, 6.45) is -4.54. The molecule has 1 fully saturated rings. The van der Waals surface area contributed by atoms with Gasteiger partial charge in [-0.25, -0.2) is 0 Å². The normalized spacial score (nSPS) is 25.8. The minimum absolute atomic E-state index is 0.0581. The number of hydrogen-bond donors (Lipinski definition) is 1. The highest BCUT2D eigenvalue weighted by Crippen LogP contribution is 2.29. The van der Waals surface area contributed by atoms with Crippen LogP contribution in [0.1, 0.15) is 24.4 Å². The second kappa shape index (κ2) is 5.06. The molecule has 1 heterocycles. The highest BCUT2D eigenvalue weighted by molar-refractivity contribution is 5.19. The fourth-order valence-corrected chi connectivity index (χ4v) is 2.12. The third-order valence-electron chi connectivity index (χ3n) is 2.86. The molecular weight excluding hydrogens is 231 g/mol. The molecule has 0 bridgehead atoms. The molecule has 2 rings (SSSR count). The van der Waals surface area contributed by atoms with Crippen LogP contribution >= 0.6 is 0 Å². The molecule has 0 spiro atoms. The molecule has 0 radical (unpaired) electrons. The molecular formula is C12H14F3NO. The zero-order valence-electron chi connectivity index (χ0n) is 9.20. The molecule has 1 aromatic carbocycles. The molecule has 1 aliphatic heterocycles. The van der Waals surface area contributed by atoms with Crippen LogP contribution < -0.4 is 5.32 Å². The first-order valence-electron chi connectivity index (χ1n) is 5.57. The van der Waals surface area contributed by atoms with Gasteiger partial charge in [-0.3, -0.25) is 4.74 Å². The van der Waals surface area contributed by atoms with Crippen molar-refractivity contribution in [3.8, 4) is 0 Å². The number of ether oxygens (including phenoxy) is 1. The van der Waals surface area contributed by atoms with Crippen LogP contribution in [-0.4, -0.2) is 19.0 Å². The lowest BCUT2D eigenvalue weighted by Gasteiger charge is -2.31. The Morgan fingerprint density at radius 2 is 1.88 bits per heavy atom. The van der Waals surface area contributed by atoms with Crippen molar-refractivity contribution in [3.05, 3.63) is 35.9 Å². The van der Waals surface area contributed by atoms with Crippen molar-refractivity contribution in [1.29, 1.82) is 0 Å². The van der Waals surface area contributed by atoms with E-state index in [0.29, 0.717) is 19.4 Å². The third kappa shape index (κ3) is 3.71. The predicted molar refractivity (Wildman–Crippen MR) is 57.3 cm³/mol. The van der Waals surface area contributed by atoms with Crippen molar-refractivity contribution < 1.29 is 17.9 Å². The predicted octanol–water partition coefficient (Wildman–Crippen LogP) is 3.02. The quantitative estimate of drug-likeness (QED) is 0.864. The molecule has 17 heavy (non-hydrogen) atoms. The van der Waals surface area contributed by atoms with Crippen molar-refractivity contribution in [2.24, 2.45) is 0 Å². The average molecular weight is 245 g/mol. The average Bonchev–Trinajstić information content (AvgIpc) is 2.28. The second-order valence-corrected chi connectivity index (χ2v) is 4.13. The Hall–Kier alpha value is -1.07. The largest absolute Gasteiger partial charge is 0.522 e. The molecule has 0 aromatic heterocycles. The summed E-state index contributed by atoms with van der Waals surface area (Å²) in [4.78, 5) is 0. The summed E-state index contributed by atoms with van der Waals surface area (Å²) >= 11 is 0. The third-order valence-corrected chi connectivity index (χ3v) is 2.86. The van der Waals surface area contributed by atoms with Crippen LogP contribution in [0.5, 0.6) is 0 Å². The SMILES string of the molecule is FC(F)(F)O[C@H]1CCN[C@@H](c2ccccc2)C1. The standard InChI is InChI=1S/C12H14F3NO/c13-12(14,15)17-10-6-7-16-11(8-10)9-4-2-1-3-5-9/h1-5,10-11,16H,6-8H2/t10-,11+/m0/s1. The van der Waals surface area contributed by atoms with E-state index in [9.17, 15) is 13.2 Å². The van der Waals surface area contributed by atoms with Gasteiger partial charge < -0.3 is 5.32 Å². The van der Waals surface area contributed by atoms with E-state index in [4.69, 9.17) is 0 Å². The zero-order chi connectivity index (χ0) is 12.3. The minimum Gasteiger partial charge on any atom is -0.310 e. The minimum atomic E-state index is -4.54. The summed E-state index contributed by atoms with van der Waals surface area (Å²) in [7, 11) is 0. The maximum Gasteiger partial charge on any atom is 0.522 e. The molecule has 2 atom stereocenters. The van der Waals surface area contributed by atoms with Gasteiger partial charge in [0.15, 0.2) is 0 Å². The molecule has 0 aliphatic carbocycles. The van der Waals surface area contributed by atoms with Crippen LogP contribution in [0.2, 0.25) is 0 Å². The molecule has 1 saturated heterocycles. The molecule has 1 N–H and O–H groups in total. The summed E-state index contributed by atoms with van der Waals surface area (Å²) in [5, 5.41) is 3.20. The number of piperidine rings is 1. The maximum absolute atomic E-state index is 12.1. The van der Waals surface area contributed by atoms with Crippen LogP contribution in [0.3, 0.4) is 0 Å². The summed E-state index contributed by atoms with van der Waals surface area (Å²) < 4.78 is 40.5. The Bertz CT molecular complexity index is 353. The van der Waals surface area contributed by atoms with E-state index >= 15 is 0 Å². The lowest BCUT2D eigenvalue weighted by atomic mass is 9.95. The number of alkyl halides is 3. The molecule has 1 aliphatic rings. The number of benzene rings is 1. The van der Waals surface area contributed by atoms with Crippen molar-refractivity contribution >= 4 is 0 Å². The first-order chi connectivity index (χ1) is 8.04. The molecule has 94 valence electrons. The summed E-state index contributed by atoms with van der Waals surface area (Å²) in [6, 6.07) is 9.41. The van der Waals surface area contributed by atoms with E-state index in [1.54, 1.807) is 0 Å². The van der Waals surface area contributed by atoms with Crippen molar-refractivity contribution in [2.45, 2.75) is 31.3 Å². The Morgan fingerprint density at radius 3 is 2.53 bits per heavy atom. The van der Waals surface area contributed by atoms with E-state index in [1.165, 1.54) is 0 Å². The monoisotopic (exact) mass is 245 g/mol. The van der Waals surface area contributed by atoms with Crippen LogP contribution in [-0.2, 0) is 4.74 Å². The molecule has 0 amide bonds. The maximum atomic E-state index is 12.1. The smallest absolute Gasteiger partial charge is 0.310 e. The van der Waals surface area contributed by atoms with Gasteiger partial charge in [0, 0.05) is 6.04 Å². The van der Waals surface area contributed by atoms with Crippen LogP contribution in [0.15, 0.2) is 30.3 Å². The Balaban J connectivity index is 1.98. The lowest BCUT2D eigenvalue weighted by molar-refractivity contribution is -0.345. The van der Waals surface area contributed by atoms with Crippen molar-refractivity contribution in [1.82, 2.24) is 5.32 Å². The van der Waals surface area contributed by atoms with Crippen molar-refractivity contribution in [3.63, 3.8) is 0 Å². The van der Waals surface area contributed by atoms with Gasteiger partial charge in [0.1, 0.15) is 0 Å². The lowest BCUT2D eigenvalue weighted by Crippen LogP contribution is -2.38. The van der Waals surface area contributed by atoms with Gasteiger partial charge in [-0.1, -0.05) is 30.3 Å². The first-order valence-corrected chi connectivity index (χ1v) is 5.57. The van der Waals surface area contributed by atoms with E-state index in [-0.39, 0.29) is 6.04 Å².